The van der Waals surface area contributed by atoms with E-state index >= 15 is 0 Å². The Morgan fingerprint density at radius 3 is 2.65 bits per heavy atom. The first-order valence-electron chi connectivity index (χ1n) is 6.78. The molecule has 1 aliphatic carbocycles. The van der Waals surface area contributed by atoms with Crippen molar-refractivity contribution in [2.75, 3.05) is 5.32 Å². The van der Waals surface area contributed by atoms with Crippen LogP contribution in [0.15, 0.2) is 12.1 Å². The van der Waals surface area contributed by atoms with E-state index in [4.69, 9.17) is 0 Å². The van der Waals surface area contributed by atoms with Crippen molar-refractivity contribution in [2.24, 2.45) is 11.8 Å². The van der Waals surface area contributed by atoms with Crippen molar-refractivity contribution in [3.63, 3.8) is 0 Å². The molecule has 2 rings (SSSR count). The first-order chi connectivity index (χ1) is 9.38. The van der Waals surface area contributed by atoms with Gasteiger partial charge in [0.25, 0.3) is 5.69 Å². The van der Waals surface area contributed by atoms with Gasteiger partial charge in [-0.25, -0.2) is 4.39 Å². The van der Waals surface area contributed by atoms with Crippen LogP contribution >= 0.6 is 22.6 Å². The van der Waals surface area contributed by atoms with Crippen molar-refractivity contribution in [2.45, 2.75) is 39.2 Å². The number of hydrogen-bond acceptors (Lipinski definition) is 3. The molecule has 1 fully saturated rings. The number of halogens is 2. The quantitative estimate of drug-likeness (QED) is 0.466. The van der Waals surface area contributed by atoms with Crippen molar-refractivity contribution >= 4 is 34.0 Å². The van der Waals surface area contributed by atoms with Crippen molar-refractivity contribution in [1.29, 1.82) is 0 Å². The van der Waals surface area contributed by atoms with Crippen LogP contribution in [0.25, 0.3) is 0 Å². The SMILES string of the molecule is CC1CCC(Nc2cc(F)c(I)cc2[N+](=O)[O-])CC1C. The van der Waals surface area contributed by atoms with E-state index in [9.17, 15) is 14.5 Å². The Balaban J connectivity index is 2.20. The lowest BCUT2D eigenvalue weighted by atomic mass is 9.79. The Bertz CT molecular complexity index is 524. The van der Waals surface area contributed by atoms with Crippen molar-refractivity contribution in [3.8, 4) is 0 Å². The third-order valence-electron chi connectivity index (χ3n) is 4.19. The zero-order valence-corrected chi connectivity index (χ0v) is 13.7. The summed E-state index contributed by atoms with van der Waals surface area (Å²) in [5.74, 6) is 0.835. The molecule has 0 amide bonds. The summed E-state index contributed by atoms with van der Waals surface area (Å²) in [5, 5.41) is 14.2. The number of nitrogens with zero attached hydrogens (tertiary/aromatic N) is 1. The first kappa shape index (κ1) is 15.5. The third kappa shape index (κ3) is 3.39. The molecule has 0 saturated heterocycles. The van der Waals surface area contributed by atoms with Crippen LogP contribution in [0.4, 0.5) is 15.8 Å². The Kier molecular flexibility index (Phi) is 4.82. The van der Waals surface area contributed by atoms with Gasteiger partial charge in [-0.3, -0.25) is 10.1 Å². The molecule has 0 aliphatic heterocycles. The van der Waals surface area contributed by atoms with E-state index in [0.29, 0.717) is 17.5 Å². The third-order valence-corrected chi connectivity index (χ3v) is 5.02. The van der Waals surface area contributed by atoms with E-state index in [1.165, 1.54) is 12.1 Å². The molecule has 4 nitrogen and oxygen atoms in total. The van der Waals surface area contributed by atoms with Gasteiger partial charge < -0.3 is 5.32 Å². The van der Waals surface area contributed by atoms with Gasteiger partial charge in [-0.05, 0) is 53.7 Å². The number of anilines is 1. The molecule has 3 unspecified atom stereocenters. The van der Waals surface area contributed by atoms with Crippen molar-refractivity contribution in [1.82, 2.24) is 0 Å². The van der Waals surface area contributed by atoms with Crippen molar-refractivity contribution < 1.29 is 9.31 Å². The van der Waals surface area contributed by atoms with Gasteiger partial charge in [-0.1, -0.05) is 13.8 Å². The average molecular weight is 392 g/mol. The molecule has 0 radical (unpaired) electrons. The summed E-state index contributed by atoms with van der Waals surface area (Å²) >= 11 is 1.77. The maximum atomic E-state index is 13.6. The second kappa shape index (κ2) is 6.24. The van der Waals surface area contributed by atoms with Crippen molar-refractivity contribution in [3.05, 3.63) is 31.6 Å². The lowest BCUT2D eigenvalue weighted by Crippen LogP contribution is -2.30. The summed E-state index contributed by atoms with van der Waals surface area (Å²) in [6, 6.07) is 2.70. The number of rotatable bonds is 3. The first-order valence-corrected chi connectivity index (χ1v) is 7.86. The Hall–Kier alpha value is -0.920. The number of benzene rings is 1. The lowest BCUT2D eigenvalue weighted by Gasteiger charge is -2.33. The molecular formula is C14H18FIN2O2. The van der Waals surface area contributed by atoms with Crippen LogP contribution in [-0.4, -0.2) is 11.0 Å². The van der Waals surface area contributed by atoms with Gasteiger partial charge >= 0.3 is 0 Å². The maximum absolute atomic E-state index is 13.6. The minimum atomic E-state index is -0.460. The molecule has 110 valence electrons. The highest BCUT2D eigenvalue weighted by Crippen LogP contribution is 2.34. The molecule has 1 aromatic carbocycles. The van der Waals surface area contributed by atoms with Gasteiger partial charge in [0.1, 0.15) is 11.5 Å². The van der Waals surface area contributed by atoms with E-state index in [1.54, 1.807) is 22.6 Å². The summed E-state index contributed by atoms with van der Waals surface area (Å²) in [4.78, 5) is 10.6. The van der Waals surface area contributed by atoms with Gasteiger partial charge in [0, 0.05) is 18.2 Å². The van der Waals surface area contributed by atoms with Crippen LogP contribution in [0.2, 0.25) is 0 Å². The number of nitro groups is 1. The molecule has 1 aromatic rings. The summed E-state index contributed by atoms with van der Waals surface area (Å²) in [7, 11) is 0. The van der Waals surface area contributed by atoms with E-state index in [1.807, 2.05) is 0 Å². The minimum Gasteiger partial charge on any atom is -0.377 e. The number of nitro benzene ring substituents is 1. The molecule has 1 N–H and O–H groups in total. The maximum Gasteiger partial charge on any atom is 0.293 e. The lowest BCUT2D eigenvalue weighted by molar-refractivity contribution is -0.384. The zero-order chi connectivity index (χ0) is 14.9. The van der Waals surface area contributed by atoms with E-state index < -0.39 is 10.7 Å². The average Bonchev–Trinajstić information content (AvgIpc) is 2.37. The fourth-order valence-electron chi connectivity index (χ4n) is 2.70. The molecule has 0 aromatic heterocycles. The van der Waals surface area contributed by atoms with E-state index in [0.717, 1.165) is 19.3 Å². The smallest absolute Gasteiger partial charge is 0.293 e. The second-order valence-corrected chi connectivity index (χ2v) is 6.81. The van der Waals surface area contributed by atoms with Gasteiger partial charge in [-0.2, -0.15) is 0 Å². The van der Waals surface area contributed by atoms with E-state index in [2.05, 4.69) is 19.2 Å². The largest absolute Gasteiger partial charge is 0.377 e. The van der Waals surface area contributed by atoms with Crippen LogP contribution in [-0.2, 0) is 0 Å². The monoisotopic (exact) mass is 392 g/mol. The van der Waals surface area contributed by atoms with Crippen LogP contribution in [0.1, 0.15) is 33.1 Å². The summed E-state index contributed by atoms with van der Waals surface area (Å²) in [5.41, 5.74) is 0.238. The zero-order valence-electron chi connectivity index (χ0n) is 11.5. The molecule has 1 aliphatic rings. The van der Waals surface area contributed by atoms with Crippen LogP contribution in [0.5, 0.6) is 0 Å². The fraction of sp³-hybridized carbons (Fsp3) is 0.571. The van der Waals surface area contributed by atoms with Gasteiger partial charge in [0.15, 0.2) is 0 Å². The second-order valence-electron chi connectivity index (χ2n) is 5.65. The molecule has 0 heterocycles. The topological polar surface area (TPSA) is 55.2 Å². The number of nitrogens with one attached hydrogen (secondary N) is 1. The molecule has 1 saturated carbocycles. The normalized spacial score (nSPS) is 26.3. The highest BCUT2D eigenvalue weighted by atomic mass is 127. The van der Waals surface area contributed by atoms with Crippen LogP contribution in [0.3, 0.4) is 0 Å². The molecular weight excluding hydrogens is 374 g/mol. The summed E-state index contributed by atoms with van der Waals surface area (Å²) in [6.45, 7) is 4.43. The highest BCUT2D eigenvalue weighted by Gasteiger charge is 2.26. The number of hydrogen-bond donors (Lipinski definition) is 1. The standard InChI is InChI=1S/C14H18FIN2O2/c1-8-3-4-10(5-9(8)2)17-13-6-11(15)12(16)7-14(13)18(19)20/h6-10,17H,3-5H2,1-2H3. The molecule has 3 atom stereocenters. The molecule has 0 spiro atoms. The highest BCUT2D eigenvalue weighted by molar-refractivity contribution is 14.1. The predicted molar refractivity (Wildman–Crippen MR) is 85.4 cm³/mol. The fourth-order valence-corrected chi connectivity index (χ4v) is 3.15. The minimum absolute atomic E-state index is 0.0536. The molecule has 20 heavy (non-hydrogen) atoms. The molecule has 0 bridgehead atoms. The van der Waals surface area contributed by atoms with Crippen LogP contribution < -0.4 is 5.32 Å². The van der Waals surface area contributed by atoms with Gasteiger partial charge in [-0.15, -0.1) is 0 Å². The summed E-state index contributed by atoms with van der Waals surface area (Å²) < 4.78 is 13.9. The van der Waals surface area contributed by atoms with Crippen LogP contribution in [0, 0.1) is 31.3 Å². The van der Waals surface area contributed by atoms with E-state index in [-0.39, 0.29) is 15.3 Å². The summed E-state index contributed by atoms with van der Waals surface area (Å²) in [6.07, 6.45) is 3.03. The Labute approximate surface area is 131 Å². The van der Waals surface area contributed by atoms with Gasteiger partial charge in [0.2, 0.25) is 0 Å². The Morgan fingerprint density at radius 1 is 1.35 bits per heavy atom. The predicted octanol–water partition coefficient (Wildman–Crippen LogP) is 4.58. The Morgan fingerprint density at radius 2 is 2.05 bits per heavy atom. The van der Waals surface area contributed by atoms with Gasteiger partial charge in [0.05, 0.1) is 8.49 Å². The molecule has 6 heteroatoms.